The second-order valence-corrected chi connectivity index (χ2v) is 3.83. The standard InChI is InChI=1S/C13H17NO/c1-11(2)9-10-14(3)13(15)12-7-5-4-6-8-12/h4-9H,10H2,1-3H3. The molecule has 0 N–H and O–H groups in total. The Labute approximate surface area is 91.2 Å². The molecule has 0 spiro atoms. The first-order chi connectivity index (χ1) is 7.11. The van der Waals surface area contributed by atoms with E-state index in [1.165, 1.54) is 5.57 Å². The zero-order chi connectivity index (χ0) is 11.3. The summed E-state index contributed by atoms with van der Waals surface area (Å²) >= 11 is 0. The predicted octanol–water partition coefficient (Wildman–Crippen LogP) is 2.72. The number of benzene rings is 1. The summed E-state index contributed by atoms with van der Waals surface area (Å²) in [4.78, 5) is 13.6. The van der Waals surface area contributed by atoms with E-state index in [-0.39, 0.29) is 5.91 Å². The molecule has 15 heavy (non-hydrogen) atoms. The third-order valence-electron chi connectivity index (χ3n) is 2.14. The van der Waals surface area contributed by atoms with Gasteiger partial charge in [0.15, 0.2) is 0 Å². The van der Waals surface area contributed by atoms with E-state index in [1.807, 2.05) is 57.3 Å². The third kappa shape index (κ3) is 3.58. The SMILES string of the molecule is CC(C)=CCN(C)C(=O)c1ccccc1. The van der Waals surface area contributed by atoms with Crippen molar-refractivity contribution in [2.75, 3.05) is 13.6 Å². The number of allylic oxidation sites excluding steroid dienone is 1. The molecule has 1 aromatic rings. The Morgan fingerprint density at radius 2 is 1.87 bits per heavy atom. The lowest BCUT2D eigenvalue weighted by atomic mass is 10.2. The summed E-state index contributed by atoms with van der Waals surface area (Å²) in [5.74, 6) is 0.0631. The summed E-state index contributed by atoms with van der Waals surface area (Å²) in [5, 5.41) is 0. The summed E-state index contributed by atoms with van der Waals surface area (Å²) in [6, 6.07) is 9.33. The van der Waals surface area contributed by atoms with Gasteiger partial charge < -0.3 is 4.90 Å². The lowest BCUT2D eigenvalue weighted by Gasteiger charge is -2.15. The molecule has 1 amide bonds. The molecule has 0 radical (unpaired) electrons. The Bertz CT molecular complexity index is 350. The van der Waals surface area contributed by atoms with E-state index in [4.69, 9.17) is 0 Å². The molecule has 0 aliphatic rings. The normalized spacial score (nSPS) is 9.53. The van der Waals surface area contributed by atoms with Crippen LogP contribution in [0.2, 0.25) is 0 Å². The van der Waals surface area contributed by atoms with Gasteiger partial charge in [0.2, 0.25) is 0 Å². The van der Waals surface area contributed by atoms with Crippen molar-refractivity contribution in [3.05, 3.63) is 47.5 Å². The highest BCUT2D eigenvalue weighted by atomic mass is 16.2. The summed E-state index contributed by atoms with van der Waals surface area (Å²) in [7, 11) is 1.81. The molecule has 1 aromatic carbocycles. The first kappa shape index (κ1) is 11.5. The molecule has 2 nitrogen and oxygen atoms in total. The van der Waals surface area contributed by atoms with E-state index < -0.39 is 0 Å². The molecule has 0 aromatic heterocycles. The van der Waals surface area contributed by atoms with E-state index in [0.29, 0.717) is 6.54 Å². The highest BCUT2D eigenvalue weighted by molar-refractivity contribution is 5.94. The van der Waals surface area contributed by atoms with Crippen molar-refractivity contribution in [3.8, 4) is 0 Å². The number of rotatable bonds is 3. The van der Waals surface area contributed by atoms with E-state index in [0.717, 1.165) is 5.56 Å². The van der Waals surface area contributed by atoms with Crippen molar-refractivity contribution >= 4 is 5.91 Å². The van der Waals surface area contributed by atoms with E-state index in [9.17, 15) is 4.79 Å². The van der Waals surface area contributed by atoms with Gasteiger partial charge in [-0.25, -0.2) is 0 Å². The first-order valence-corrected chi connectivity index (χ1v) is 5.05. The van der Waals surface area contributed by atoms with E-state index in [2.05, 4.69) is 0 Å². The maximum Gasteiger partial charge on any atom is 0.253 e. The number of nitrogens with zero attached hydrogens (tertiary/aromatic N) is 1. The molecular weight excluding hydrogens is 186 g/mol. The largest absolute Gasteiger partial charge is 0.338 e. The van der Waals surface area contributed by atoms with Gasteiger partial charge in [-0.05, 0) is 26.0 Å². The zero-order valence-corrected chi connectivity index (χ0v) is 9.53. The first-order valence-electron chi connectivity index (χ1n) is 5.05. The number of amides is 1. The molecule has 80 valence electrons. The van der Waals surface area contributed by atoms with Crippen LogP contribution in [0.25, 0.3) is 0 Å². The maximum absolute atomic E-state index is 11.9. The van der Waals surface area contributed by atoms with Crippen LogP contribution in [0.1, 0.15) is 24.2 Å². The number of hydrogen-bond acceptors (Lipinski definition) is 1. The van der Waals surface area contributed by atoms with Crippen LogP contribution in [0.5, 0.6) is 0 Å². The maximum atomic E-state index is 11.9. The molecule has 0 unspecified atom stereocenters. The van der Waals surface area contributed by atoms with E-state index >= 15 is 0 Å². The monoisotopic (exact) mass is 203 g/mol. The Balaban J connectivity index is 2.65. The topological polar surface area (TPSA) is 20.3 Å². The number of carbonyl (C=O) groups excluding carboxylic acids is 1. The van der Waals surface area contributed by atoms with Gasteiger partial charge in [0, 0.05) is 19.2 Å². The molecular formula is C13H17NO. The van der Waals surface area contributed by atoms with E-state index in [1.54, 1.807) is 4.90 Å². The van der Waals surface area contributed by atoms with Crippen molar-refractivity contribution in [1.29, 1.82) is 0 Å². The Kier molecular flexibility index (Phi) is 4.10. The molecule has 0 fully saturated rings. The van der Waals surface area contributed by atoms with Gasteiger partial charge in [-0.2, -0.15) is 0 Å². The minimum atomic E-state index is 0.0631. The van der Waals surface area contributed by atoms with Gasteiger partial charge in [0.1, 0.15) is 0 Å². The van der Waals surface area contributed by atoms with Crippen LogP contribution in [0.4, 0.5) is 0 Å². The second-order valence-electron chi connectivity index (χ2n) is 3.83. The Morgan fingerprint density at radius 3 is 2.40 bits per heavy atom. The van der Waals surface area contributed by atoms with Crippen LogP contribution in [0, 0.1) is 0 Å². The molecule has 2 heteroatoms. The smallest absolute Gasteiger partial charge is 0.253 e. The van der Waals surface area contributed by atoms with Gasteiger partial charge in [-0.3, -0.25) is 4.79 Å². The van der Waals surface area contributed by atoms with Crippen LogP contribution in [-0.2, 0) is 0 Å². The van der Waals surface area contributed by atoms with Crippen molar-refractivity contribution in [2.24, 2.45) is 0 Å². The molecule has 0 saturated carbocycles. The zero-order valence-electron chi connectivity index (χ0n) is 9.53. The lowest BCUT2D eigenvalue weighted by Crippen LogP contribution is -2.26. The lowest BCUT2D eigenvalue weighted by molar-refractivity contribution is 0.0810. The van der Waals surface area contributed by atoms with Gasteiger partial charge in [-0.1, -0.05) is 29.8 Å². The van der Waals surface area contributed by atoms with Crippen LogP contribution >= 0.6 is 0 Å². The van der Waals surface area contributed by atoms with Crippen molar-refractivity contribution < 1.29 is 4.79 Å². The quantitative estimate of drug-likeness (QED) is 0.692. The fourth-order valence-corrected chi connectivity index (χ4v) is 1.20. The number of hydrogen-bond donors (Lipinski definition) is 0. The summed E-state index contributed by atoms with van der Waals surface area (Å²) < 4.78 is 0. The van der Waals surface area contributed by atoms with Crippen LogP contribution < -0.4 is 0 Å². The highest BCUT2D eigenvalue weighted by Crippen LogP contribution is 2.03. The van der Waals surface area contributed by atoms with Gasteiger partial charge in [0.05, 0.1) is 0 Å². The number of carbonyl (C=O) groups is 1. The van der Waals surface area contributed by atoms with Gasteiger partial charge in [-0.15, -0.1) is 0 Å². The highest BCUT2D eigenvalue weighted by Gasteiger charge is 2.08. The third-order valence-corrected chi connectivity index (χ3v) is 2.14. The van der Waals surface area contributed by atoms with Crippen LogP contribution in [0.15, 0.2) is 42.0 Å². The molecule has 0 aliphatic heterocycles. The average Bonchev–Trinajstić information content (AvgIpc) is 2.26. The summed E-state index contributed by atoms with van der Waals surface area (Å²) in [6.07, 6.45) is 2.04. The summed E-state index contributed by atoms with van der Waals surface area (Å²) in [5.41, 5.74) is 1.96. The Morgan fingerprint density at radius 1 is 1.27 bits per heavy atom. The van der Waals surface area contributed by atoms with Gasteiger partial charge in [0.25, 0.3) is 5.91 Å². The molecule has 0 saturated heterocycles. The minimum absolute atomic E-state index is 0.0631. The van der Waals surface area contributed by atoms with Crippen LogP contribution in [0.3, 0.4) is 0 Å². The molecule has 0 atom stereocenters. The second kappa shape index (κ2) is 5.35. The minimum Gasteiger partial charge on any atom is -0.338 e. The number of likely N-dealkylation sites (N-methyl/N-ethyl adjacent to an activating group) is 1. The fourth-order valence-electron chi connectivity index (χ4n) is 1.20. The van der Waals surface area contributed by atoms with Crippen LogP contribution in [-0.4, -0.2) is 24.4 Å². The molecule has 1 rings (SSSR count). The molecule has 0 aliphatic carbocycles. The van der Waals surface area contributed by atoms with Crippen molar-refractivity contribution in [1.82, 2.24) is 4.90 Å². The molecule has 0 heterocycles. The molecule has 0 bridgehead atoms. The predicted molar refractivity (Wildman–Crippen MR) is 62.8 cm³/mol. The van der Waals surface area contributed by atoms with Crippen molar-refractivity contribution in [3.63, 3.8) is 0 Å². The van der Waals surface area contributed by atoms with Crippen molar-refractivity contribution in [2.45, 2.75) is 13.8 Å². The average molecular weight is 203 g/mol. The van der Waals surface area contributed by atoms with Gasteiger partial charge >= 0.3 is 0 Å². The Hall–Kier alpha value is -1.57. The fraction of sp³-hybridized carbons (Fsp3) is 0.308. The summed E-state index contributed by atoms with van der Waals surface area (Å²) in [6.45, 7) is 4.72.